The summed E-state index contributed by atoms with van der Waals surface area (Å²) in [5.74, 6) is 2.10. The van der Waals surface area contributed by atoms with Gasteiger partial charge in [0.25, 0.3) is 0 Å². The highest BCUT2D eigenvalue weighted by molar-refractivity contribution is 9.10. The number of aromatic nitrogens is 1. The highest BCUT2D eigenvalue weighted by Crippen LogP contribution is 2.34. The summed E-state index contributed by atoms with van der Waals surface area (Å²) in [6.45, 7) is 1.34. The first-order chi connectivity index (χ1) is 9.72. The third kappa shape index (κ3) is 2.99. The van der Waals surface area contributed by atoms with Gasteiger partial charge >= 0.3 is 0 Å². The fourth-order valence-corrected chi connectivity index (χ4v) is 2.56. The molecule has 104 valence electrons. The van der Waals surface area contributed by atoms with Crippen molar-refractivity contribution in [2.24, 2.45) is 0 Å². The zero-order chi connectivity index (χ0) is 13.9. The number of anilines is 2. The van der Waals surface area contributed by atoms with Crippen molar-refractivity contribution in [2.45, 2.75) is 6.42 Å². The molecule has 1 aliphatic rings. The van der Waals surface area contributed by atoms with E-state index in [2.05, 4.69) is 26.2 Å². The minimum atomic E-state index is 0.548. The van der Waals surface area contributed by atoms with Gasteiger partial charge in [0.1, 0.15) is 5.82 Å². The van der Waals surface area contributed by atoms with Crippen LogP contribution in [0.1, 0.15) is 6.42 Å². The maximum atomic E-state index is 6.14. The Bertz CT molecular complexity index is 637. The van der Waals surface area contributed by atoms with Gasteiger partial charge in [-0.1, -0.05) is 11.6 Å². The number of hydrogen-bond donors (Lipinski definition) is 1. The van der Waals surface area contributed by atoms with Crippen molar-refractivity contribution in [3.63, 3.8) is 0 Å². The lowest BCUT2D eigenvalue weighted by molar-refractivity contribution is 0.297. The van der Waals surface area contributed by atoms with Crippen LogP contribution in [0, 0.1) is 0 Å². The quantitative estimate of drug-likeness (QED) is 0.867. The number of benzene rings is 1. The zero-order valence-electron chi connectivity index (χ0n) is 10.5. The summed E-state index contributed by atoms with van der Waals surface area (Å²) in [6.07, 6.45) is 2.58. The van der Waals surface area contributed by atoms with Gasteiger partial charge < -0.3 is 14.8 Å². The van der Waals surface area contributed by atoms with Crippen LogP contribution in [0.5, 0.6) is 11.5 Å². The van der Waals surface area contributed by atoms with E-state index in [0.717, 1.165) is 28.1 Å². The molecule has 2 aromatic rings. The number of nitrogens with zero attached hydrogens (tertiary/aromatic N) is 1. The summed E-state index contributed by atoms with van der Waals surface area (Å²) in [5.41, 5.74) is 0.853. The second-order valence-electron chi connectivity index (χ2n) is 4.32. The van der Waals surface area contributed by atoms with Gasteiger partial charge in [-0.2, -0.15) is 0 Å². The summed E-state index contributed by atoms with van der Waals surface area (Å²) in [7, 11) is 0. The zero-order valence-corrected chi connectivity index (χ0v) is 12.9. The van der Waals surface area contributed by atoms with Gasteiger partial charge in [0, 0.05) is 28.8 Å². The Morgan fingerprint density at radius 1 is 1.15 bits per heavy atom. The molecule has 1 aromatic carbocycles. The van der Waals surface area contributed by atoms with E-state index < -0.39 is 0 Å². The monoisotopic (exact) mass is 354 g/mol. The van der Waals surface area contributed by atoms with Crippen LogP contribution < -0.4 is 14.8 Å². The molecule has 0 unspecified atom stereocenters. The molecule has 0 saturated heterocycles. The summed E-state index contributed by atoms with van der Waals surface area (Å²) in [4.78, 5) is 4.24. The average molecular weight is 356 g/mol. The first-order valence-electron chi connectivity index (χ1n) is 6.20. The molecule has 1 aromatic heterocycles. The molecule has 4 nitrogen and oxygen atoms in total. The number of ether oxygens (including phenoxy) is 2. The van der Waals surface area contributed by atoms with Crippen molar-refractivity contribution in [3.05, 3.63) is 40.0 Å². The lowest BCUT2D eigenvalue weighted by atomic mass is 10.2. The van der Waals surface area contributed by atoms with E-state index >= 15 is 0 Å². The number of rotatable bonds is 2. The Kier molecular flexibility index (Phi) is 3.98. The highest BCUT2D eigenvalue weighted by atomic mass is 79.9. The molecule has 0 atom stereocenters. The maximum Gasteiger partial charge on any atom is 0.163 e. The van der Waals surface area contributed by atoms with E-state index in [9.17, 15) is 0 Å². The molecule has 0 fully saturated rings. The Morgan fingerprint density at radius 3 is 2.75 bits per heavy atom. The van der Waals surface area contributed by atoms with E-state index in [1.165, 1.54) is 0 Å². The number of nitrogens with one attached hydrogen (secondary N) is 1. The Labute approximate surface area is 130 Å². The predicted molar refractivity (Wildman–Crippen MR) is 82.3 cm³/mol. The van der Waals surface area contributed by atoms with Gasteiger partial charge in [0.05, 0.1) is 18.2 Å². The SMILES string of the molecule is Clc1cc(Br)cnc1Nc1ccc2c(c1)OCCCO2. The van der Waals surface area contributed by atoms with Gasteiger partial charge in [-0.3, -0.25) is 0 Å². The lowest BCUT2D eigenvalue weighted by Gasteiger charge is -2.11. The van der Waals surface area contributed by atoms with Crippen LogP contribution in [-0.4, -0.2) is 18.2 Å². The third-order valence-corrected chi connectivity index (χ3v) is 3.54. The standard InChI is InChI=1S/C14H12BrClN2O2/c15-9-6-11(16)14(17-8-9)18-10-2-3-12-13(7-10)20-5-1-4-19-12/h2-3,6-8H,1,4-5H2,(H,17,18). The summed E-state index contributed by atoms with van der Waals surface area (Å²) in [6, 6.07) is 7.48. The normalized spacial score (nSPS) is 13.7. The maximum absolute atomic E-state index is 6.14. The van der Waals surface area contributed by atoms with Crippen LogP contribution in [0.15, 0.2) is 34.9 Å². The predicted octanol–water partition coefficient (Wildman–Crippen LogP) is 4.40. The summed E-state index contributed by atoms with van der Waals surface area (Å²) in [5, 5.41) is 3.72. The van der Waals surface area contributed by atoms with Crippen LogP contribution >= 0.6 is 27.5 Å². The van der Waals surface area contributed by atoms with Crippen molar-refractivity contribution in [1.82, 2.24) is 4.98 Å². The third-order valence-electron chi connectivity index (χ3n) is 2.82. The van der Waals surface area contributed by atoms with Crippen LogP contribution in [0.4, 0.5) is 11.5 Å². The molecular weight excluding hydrogens is 344 g/mol. The summed E-state index contributed by atoms with van der Waals surface area (Å²) < 4.78 is 12.1. The molecule has 0 bridgehead atoms. The number of hydrogen-bond acceptors (Lipinski definition) is 4. The second-order valence-corrected chi connectivity index (χ2v) is 5.64. The molecular formula is C14H12BrClN2O2. The Balaban J connectivity index is 1.86. The van der Waals surface area contributed by atoms with Crippen LogP contribution in [-0.2, 0) is 0 Å². The van der Waals surface area contributed by atoms with Gasteiger partial charge in [-0.05, 0) is 34.1 Å². The molecule has 0 amide bonds. The van der Waals surface area contributed by atoms with E-state index in [1.54, 1.807) is 12.3 Å². The first kappa shape index (κ1) is 13.5. The Morgan fingerprint density at radius 2 is 1.95 bits per heavy atom. The topological polar surface area (TPSA) is 43.4 Å². The lowest BCUT2D eigenvalue weighted by Crippen LogP contribution is -1.97. The second kappa shape index (κ2) is 5.89. The van der Waals surface area contributed by atoms with Gasteiger partial charge in [0.2, 0.25) is 0 Å². The minimum absolute atomic E-state index is 0.548. The van der Waals surface area contributed by atoms with Gasteiger partial charge in [-0.15, -0.1) is 0 Å². The van der Waals surface area contributed by atoms with E-state index in [4.69, 9.17) is 21.1 Å². The smallest absolute Gasteiger partial charge is 0.163 e. The van der Waals surface area contributed by atoms with E-state index in [-0.39, 0.29) is 0 Å². The Hall–Kier alpha value is -1.46. The highest BCUT2D eigenvalue weighted by Gasteiger charge is 2.11. The van der Waals surface area contributed by atoms with Crippen molar-refractivity contribution in [3.8, 4) is 11.5 Å². The number of pyridine rings is 1. The first-order valence-corrected chi connectivity index (χ1v) is 7.37. The fourth-order valence-electron chi connectivity index (χ4n) is 1.88. The number of halogens is 2. The van der Waals surface area contributed by atoms with E-state index in [0.29, 0.717) is 24.1 Å². The minimum Gasteiger partial charge on any atom is -0.490 e. The molecule has 3 rings (SSSR count). The van der Waals surface area contributed by atoms with Gasteiger partial charge in [0.15, 0.2) is 11.5 Å². The van der Waals surface area contributed by atoms with Crippen LogP contribution in [0.25, 0.3) is 0 Å². The molecule has 6 heteroatoms. The average Bonchev–Trinajstić information content (AvgIpc) is 2.66. The molecule has 1 aliphatic heterocycles. The molecule has 1 N–H and O–H groups in total. The molecule has 0 saturated carbocycles. The van der Waals surface area contributed by atoms with Crippen molar-refractivity contribution in [1.29, 1.82) is 0 Å². The van der Waals surface area contributed by atoms with Gasteiger partial charge in [-0.25, -0.2) is 4.98 Å². The largest absolute Gasteiger partial charge is 0.490 e. The number of fused-ring (bicyclic) bond motifs is 1. The van der Waals surface area contributed by atoms with Crippen LogP contribution in [0.3, 0.4) is 0 Å². The van der Waals surface area contributed by atoms with Crippen molar-refractivity contribution in [2.75, 3.05) is 18.5 Å². The summed E-state index contributed by atoms with van der Waals surface area (Å²) >= 11 is 9.47. The molecule has 20 heavy (non-hydrogen) atoms. The van der Waals surface area contributed by atoms with Crippen molar-refractivity contribution < 1.29 is 9.47 Å². The molecule has 0 radical (unpaired) electrons. The van der Waals surface area contributed by atoms with Crippen LogP contribution in [0.2, 0.25) is 5.02 Å². The van der Waals surface area contributed by atoms with E-state index in [1.807, 2.05) is 18.2 Å². The fraction of sp³-hybridized carbons (Fsp3) is 0.214. The molecule has 2 heterocycles. The molecule has 0 spiro atoms. The molecule has 0 aliphatic carbocycles. The van der Waals surface area contributed by atoms with Crippen molar-refractivity contribution >= 4 is 39.0 Å².